The summed E-state index contributed by atoms with van der Waals surface area (Å²) in [6.45, 7) is 0. The van der Waals surface area contributed by atoms with Crippen molar-refractivity contribution in [2.75, 3.05) is 9.80 Å². The highest BCUT2D eigenvalue weighted by molar-refractivity contribution is 6.10. The van der Waals surface area contributed by atoms with Crippen molar-refractivity contribution in [2.24, 2.45) is 0 Å². The third-order valence-electron chi connectivity index (χ3n) is 12.9. The van der Waals surface area contributed by atoms with E-state index in [1.165, 1.54) is 49.3 Å². The Labute approximate surface area is 385 Å². The number of aromatic nitrogens is 2. The molecule has 0 unspecified atom stereocenters. The molecule has 0 aliphatic heterocycles. The molecular formula is C62H46N4. The summed E-state index contributed by atoms with van der Waals surface area (Å²) in [5, 5.41) is 5.07. The quantitative estimate of drug-likeness (QED) is 0.128. The molecule has 1 aliphatic carbocycles. The van der Waals surface area contributed by atoms with E-state index in [9.17, 15) is 0 Å². The second-order valence-corrected chi connectivity index (χ2v) is 16.9. The average Bonchev–Trinajstić information content (AvgIpc) is 3.91. The standard InChI is InChI=1S/C62H46N4/c1-3-15-47(16-4-1)63(51-37-41-53(42-38-51)65-59-23-11-7-19-55(59)56-20-8-12-24-60(56)65)49-33-29-45(30-34-49)27-28-46-31-35-50(36-32-46)64(48-17-5-2-6-18-48)52-39-43-54(44-40-52)66-61-25-13-9-21-57(61)58-22-10-14-26-62(58)66/h1,3-5,7-44H,2,6H2/b28-27+. The van der Waals surface area contributed by atoms with Gasteiger partial charge in [0.1, 0.15) is 0 Å². The van der Waals surface area contributed by atoms with Crippen LogP contribution in [0.1, 0.15) is 24.0 Å². The number of anilines is 5. The van der Waals surface area contributed by atoms with Crippen LogP contribution < -0.4 is 9.80 Å². The molecule has 1 aliphatic rings. The summed E-state index contributed by atoms with van der Waals surface area (Å²) in [4.78, 5) is 4.69. The average molecular weight is 847 g/mol. The van der Waals surface area contributed by atoms with E-state index >= 15 is 0 Å². The van der Waals surface area contributed by atoms with Gasteiger partial charge in [0.05, 0.1) is 22.1 Å². The van der Waals surface area contributed by atoms with Gasteiger partial charge in [-0.1, -0.05) is 140 Å². The molecule has 2 aromatic heterocycles. The summed E-state index contributed by atoms with van der Waals surface area (Å²) >= 11 is 0. The molecule has 0 saturated heterocycles. The van der Waals surface area contributed by atoms with Crippen molar-refractivity contribution in [2.45, 2.75) is 12.8 Å². The molecule has 0 amide bonds. The van der Waals surface area contributed by atoms with E-state index in [1.807, 2.05) is 0 Å². The summed E-state index contributed by atoms with van der Waals surface area (Å²) in [6, 6.07) is 81.0. The molecule has 11 aromatic rings. The summed E-state index contributed by atoms with van der Waals surface area (Å²) in [7, 11) is 0. The highest BCUT2D eigenvalue weighted by Gasteiger charge is 2.18. The molecule has 0 bridgehead atoms. The number of allylic oxidation sites excluding steroid dienone is 3. The highest BCUT2D eigenvalue weighted by Crippen LogP contribution is 2.39. The maximum absolute atomic E-state index is 2.37. The van der Waals surface area contributed by atoms with E-state index in [4.69, 9.17) is 0 Å². The van der Waals surface area contributed by atoms with Crippen molar-refractivity contribution in [1.29, 1.82) is 0 Å². The molecule has 0 spiro atoms. The first-order valence-electron chi connectivity index (χ1n) is 22.8. The molecule has 0 fully saturated rings. The van der Waals surface area contributed by atoms with Crippen LogP contribution in [0.5, 0.6) is 0 Å². The lowest BCUT2D eigenvalue weighted by atomic mass is 10.1. The molecular weight excluding hydrogens is 801 g/mol. The van der Waals surface area contributed by atoms with Gasteiger partial charge in [-0.3, -0.25) is 0 Å². The van der Waals surface area contributed by atoms with Crippen LogP contribution in [0, 0.1) is 0 Å². The van der Waals surface area contributed by atoms with Crippen LogP contribution in [0.4, 0.5) is 28.4 Å². The van der Waals surface area contributed by atoms with E-state index in [-0.39, 0.29) is 0 Å². The lowest BCUT2D eigenvalue weighted by Gasteiger charge is -2.28. The maximum Gasteiger partial charge on any atom is 0.0541 e. The van der Waals surface area contributed by atoms with E-state index < -0.39 is 0 Å². The van der Waals surface area contributed by atoms with Gasteiger partial charge in [0.25, 0.3) is 0 Å². The van der Waals surface area contributed by atoms with Crippen LogP contribution in [0.3, 0.4) is 0 Å². The van der Waals surface area contributed by atoms with E-state index in [0.29, 0.717) is 0 Å². The minimum atomic E-state index is 1.03. The predicted octanol–water partition coefficient (Wildman–Crippen LogP) is 16.9. The van der Waals surface area contributed by atoms with E-state index in [1.54, 1.807) is 0 Å². The number of fused-ring (bicyclic) bond motifs is 6. The molecule has 0 N–H and O–H groups in total. The first-order chi connectivity index (χ1) is 32.7. The Bertz CT molecular complexity index is 3500. The molecule has 0 radical (unpaired) electrons. The second kappa shape index (κ2) is 16.8. The first kappa shape index (κ1) is 39.0. The molecule has 4 nitrogen and oxygen atoms in total. The van der Waals surface area contributed by atoms with Crippen molar-refractivity contribution in [3.8, 4) is 11.4 Å². The molecule has 4 heteroatoms. The van der Waals surface area contributed by atoms with Gasteiger partial charge in [-0.25, -0.2) is 0 Å². The highest BCUT2D eigenvalue weighted by atomic mass is 15.2. The fourth-order valence-corrected chi connectivity index (χ4v) is 9.80. The third-order valence-corrected chi connectivity index (χ3v) is 12.9. The summed E-state index contributed by atoms with van der Waals surface area (Å²) in [5.41, 5.74) is 16.2. The fraction of sp³-hybridized carbons (Fsp3) is 0.0323. The van der Waals surface area contributed by atoms with Gasteiger partial charge >= 0.3 is 0 Å². The van der Waals surface area contributed by atoms with Crippen LogP contribution >= 0.6 is 0 Å². The second-order valence-electron chi connectivity index (χ2n) is 16.9. The Morgan fingerprint density at radius 1 is 0.318 bits per heavy atom. The number of hydrogen-bond acceptors (Lipinski definition) is 2. The molecule has 2 heterocycles. The van der Waals surface area contributed by atoms with Gasteiger partial charge in [-0.2, -0.15) is 0 Å². The van der Waals surface area contributed by atoms with Crippen molar-refractivity contribution < 1.29 is 0 Å². The van der Waals surface area contributed by atoms with Gasteiger partial charge in [0.2, 0.25) is 0 Å². The van der Waals surface area contributed by atoms with Crippen LogP contribution in [-0.2, 0) is 0 Å². The van der Waals surface area contributed by atoms with Crippen molar-refractivity contribution >= 4 is 84.2 Å². The normalized spacial score (nSPS) is 12.7. The Morgan fingerprint density at radius 2 is 0.667 bits per heavy atom. The molecule has 0 saturated carbocycles. The SMILES string of the molecule is C1=CC(N(c2ccc(/C=C/c3ccc(N(c4ccccc4)c4ccc(-n5c6ccccc6c6ccccc65)cc4)cc3)cc2)c2ccc(-n3c4ccccc4c4ccccc43)cc2)=CCC1. The van der Waals surface area contributed by atoms with E-state index in [2.05, 4.69) is 274 Å². The van der Waals surface area contributed by atoms with Crippen molar-refractivity contribution in [3.05, 3.63) is 260 Å². The summed E-state index contributed by atoms with van der Waals surface area (Å²) in [6.07, 6.45) is 13.4. The number of hydrogen-bond donors (Lipinski definition) is 0. The summed E-state index contributed by atoms with van der Waals surface area (Å²) in [5.74, 6) is 0. The number of para-hydroxylation sites is 5. The largest absolute Gasteiger partial charge is 0.311 e. The summed E-state index contributed by atoms with van der Waals surface area (Å²) < 4.78 is 4.74. The Balaban J connectivity index is 0.803. The Hall–Kier alpha value is -8.60. The van der Waals surface area contributed by atoms with Gasteiger partial charge in [-0.15, -0.1) is 0 Å². The molecule has 12 rings (SSSR count). The first-order valence-corrected chi connectivity index (χ1v) is 22.8. The van der Waals surface area contributed by atoms with Gasteiger partial charge < -0.3 is 18.9 Å². The van der Waals surface area contributed by atoms with Crippen LogP contribution in [-0.4, -0.2) is 9.13 Å². The van der Waals surface area contributed by atoms with Crippen molar-refractivity contribution in [3.63, 3.8) is 0 Å². The van der Waals surface area contributed by atoms with Gasteiger partial charge in [-0.05, 0) is 139 Å². The number of rotatable bonds is 10. The number of benzene rings is 9. The minimum Gasteiger partial charge on any atom is -0.311 e. The molecule has 66 heavy (non-hydrogen) atoms. The Morgan fingerprint density at radius 3 is 1.06 bits per heavy atom. The molecule has 0 atom stereocenters. The third kappa shape index (κ3) is 7.06. The van der Waals surface area contributed by atoms with Gasteiger partial charge in [0.15, 0.2) is 0 Å². The molecule has 9 aromatic carbocycles. The Kier molecular flexibility index (Phi) is 9.95. The number of nitrogens with zero attached hydrogens (tertiary/aromatic N) is 4. The predicted molar refractivity (Wildman–Crippen MR) is 280 cm³/mol. The van der Waals surface area contributed by atoms with Gasteiger partial charge in [0, 0.05) is 67.1 Å². The monoisotopic (exact) mass is 846 g/mol. The minimum absolute atomic E-state index is 1.03. The van der Waals surface area contributed by atoms with Crippen LogP contribution in [0.2, 0.25) is 0 Å². The van der Waals surface area contributed by atoms with E-state index in [0.717, 1.165) is 63.8 Å². The van der Waals surface area contributed by atoms with Crippen LogP contribution in [0.15, 0.2) is 248 Å². The smallest absolute Gasteiger partial charge is 0.0541 e. The van der Waals surface area contributed by atoms with Crippen LogP contribution in [0.25, 0.3) is 67.1 Å². The lowest BCUT2D eigenvalue weighted by molar-refractivity contribution is 0.997. The molecule has 314 valence electrons. The lowest BCUT2D eigenvalue weighted by Crippen LogP contribution is -2.16. The van der Waals surface area contributed by atoms with Crippen molar-refractivity contribution in [1.82, 2.24) is 9.13 Å². The topological polar surface area (TPSA) is 16.3 Å². The zero-order chi connectivity index (χ0) is 43.8. The maximum atomic E-state index is 2.37. The zero-order valence-corrected chi connectivity index (χ0v) is 36.5. The fourth-order valence-electron chi connectivity index (χ4n) is 9.80. The zero-order valence-electron chi connectivity index (χ0n) is 36.5.